The lowest BCUT2D eigenvalue weighted by atomic mass is 9.82. The van der Waals surface area contributed by atoms with Crippen LogP contribution in [0.25, 0.3) is 0 Å². The first-order valence-corrected chi connectivity index (χ1v) is 7.90. The summed E-state index contributed by atoms with van der Waals surface area (Å²) in [7, 11) is 0. The number of halogens is 2. The van der Waals surface area contributed by atoms with Crippen molar-refractivity contribution in [2.75, 3.05) is 0 Å². The van der Waals surface area contributed by atoms with Gasteiger partial charge in [0.15, 0.2) is 0 Å². The van der Waals surface area contributed by atoms with Crippen LogP contribution in [0.2, 0.25) is 0 Å². The van der Waals surface area contributed by atoms with Crippen molar-refractivity contribution in [2.45, 2.75) is 53.0 Å². The first kappa shape index (κ1) is 17.6. The van der Waals surface area contributed by atoms with Crippen molar-refractivity contribution in [3.63, 3.8) is 0 Å². The Morgan fingerprint density at radius 1 is 1.35 bits per heavy atom. The maximum atomic E-state index is 13.9. The van der Waals surface area contributed by atoms with Crippen LogP contribution in [0.1, 0.15) is 46.1 Å². The highest BCUT2D eigenvalue weighted by Gasteiger charge is 2.19. The van der Waals surface area contributed by atoms with Gasteiger partial charge in [-0.1, -0.05) is 49.7 Å². The Bertz CT molecular complexity index is 429. The Morgan fingerprint density at radius 3 is 2.50 bits per heavy atom. The molecule has 114 valence electrons. The smallest absolute Gasteiger partial charge is 0.127 e. The fourth-order valence-electron chi connectivity index (χ4n) is 2.78. The maximum absolute atomic E-state index is 13.9. The van der Waals surface area contributed by atoms with Crippen molar-refractivity contribution < 1.29 is 4.39 Å². The van der Waals surface area contributed by atoms with Crippen molar-refractivity contribution >= 4 is 15.9 Å². The highest BCUT2D eigenvalue weighted by atomic mass is 79.9. The van der Waals surface area contributed by atoms with Crippen LogP contribution in [0, 0.1) is 17.2 Å². The van der Waals surface area contributed by atoms with Gasteiger partial charge in [0.2, 0.25) is 0 Å². The lowest BCUT2D eigenvalue weighted by molar-refractivity contribution is 0.274. The number of nitrogens with one attached hydrogen (secondary N) is 1. The summed E-state index contributed by atoms with van der Waals surface area (Å²) < 4.78 is 14.6. The summed E-state index contributed by atoms with van der Waals surface area (Å²) in [4.78, 5) is 0. The summed E-state index contributed by atoms with van der Waals surface area (Å²) in [6.07, 6.45) is 2.70. The molecule has 0 aliphatic carbocycles. The van der Waals surface area contributed by atoms with Gasteiger partial charge in [0.1, 0.15) is 5.82 Å². The van der Waals surface area contributed by atoms with E-state index in [2.05, 4.69) is 49.1 Å². The van der Waals surface area contributed by atoms with Gasteiger partial charge < -0.3 is 0 Å². The van der Waals surface area contributed by atoms with Crippen LogP contribution in [0.15, 0.2) is 22.7 Å². The summed E-state index contributed by atoms with van der Waals surface area (Å²) in [6.45, 7) is 8.95. The molecule has 0 heterocycles. The quantitative estimate of drug-likeness (QED) is 0.591. The Balaban J connectivity index is 2.63. The Morgan fingerprint density at radius 2 is 2.00 bits per heavy atom. The van der Waals surface area contributed by atoms with Crippen molar-refractivity contribution in [2.24, 2.45) is 17.2 Å². The van der Waals surface area contributed by atoms with Crippen molar-refractivity contribution in [1.82, 2.24) is 5.43 Å². The lowest BCUT2D eigenvalue weighted by Crippen LogP contribution is -2.38. The molecular formula is C16H26BrFN2. The van der Waals surface area contributed by atoms with E-state index in [9.17, 15) is 4.39 Å². The second kappa shape index (κ2) is 7.53. The molecule has 0 aliphatic rings. The number of hydrogen-bond donors (Lipinski definition) is 2. The van der Waals surface area contributed by atoms with Gasteiger partial charge in [0, 0.05) is 10.5 Å². The van der Waals surface area contributed by atoms with Gasteiger partial charge in [-0.05, 0) is 48.3 Å². The third-order valence-corrected chi connectivity index (χ3v) is 3.86. The zero-order valence-corrected chi connectivity index (χ0v) is 14.4. The Kier molecular flexibility index (Phi) is 6.62. The van der Waals surface area contributed by atoms with Crippen molar-refractivity contribution in [1.29, 1.82) is 0 Å². The molecule has 0 radical (unpaired) electrons. The minimum atomic E-state index is -0.178. The average Bonchev–Trinajstić information content (AvgIpc) is 2.29. The minimum absolute atomic E-state index is 0.100. The molecule has 1 rings (SSSR count). The van der Waals surface area contributed by atoms with Gasteiger partial charge in [-0.15, -0.1) is 0 Å². The molecule has 2 nitrogen and oxygen atoms in total. The second-order valence-electron chi connectivity index (χ2n) is 6.91. The van der Waals surface area contributed by atoms with Crippen LogP contribution in [0.5, 0.6) is 0 Å². The zero-order valence-electron chi connectivity index (χ0n) is 12.8. The number of hydrogen-bond acceptors (Lipinski definition) is 2. The van der Waals surface area contributed by atoms with E-state index >= 15 is 0 Å². The average molecular weight is 345 g/mol. The van der Waals surface area contributed by atoms with E-state index in [-0.39, 0.29) is 11.9 Å². The van der Waals surface area contributed by atoms with E-state index in [1.165, 1.54) is 6.07 Å². The second-order valence-corrected chi connectivity index (χ2v) is 7.82. The van der Waals surface area contributed by atoms with Crippen LogP contribution in [-0.2, 0) is 6.42 Å². The molecule has 2 unspecified atom stereocenters. The third-order valence-electron chi connectivity index (χ3n) is 3.36. The van der Waals surface area contributed by atoms with Gasteiger partial charge in [-0.2, -0.15) is 0 Å². The fraction of sp³-hybridized carbons (Fsp3) is 0.625. The predicted octanol–water partition coefficient (Wildman–Crippen LogP) is 4.43. The first-order valence-electron chi connectivity index (χ1n) is 7.11. The van der Waals surface area contributed by atoms with Gasteiger partial charge in [-0.3, -0.25) is 11.3 Å². The van der Waals surface area contributed by atoms with Gasteiger partial charge in [0.25, 0.3) is 0 Å². The van der Waals surface area contributed by atoms with Crippen LogP contribution in [-0.4, -0.2) is 6.04 Å². The van der Waals surface area contributed by atoms with E-state index in [1.54, 1.807) is 0 Å². The maximum Gasteiger partial charge on any atom is 0.127 e. The SMILES string of the molecule is CC(CC(Cc1ccc(Br)cc1F)NN)CC(C)(C)C. The van der Waals surface area contributed by atoms with E-state index in [1.807, 2.05) is 12.1 Å². The molecule has 0 bridgehead atoms. The summed E-state index contributed by atoms with van der Waals surface area (Å²) >= 11 is 3.27. The number of nitrogens with two attached hydrogens (primary N) is 1. The summed E-state index contributed by atoms with van der Waals surface area (Å²) in [5.74, 6) is 6.00. The van der Waals surface area contributed by atoms with Gasteiger partial charge in [0.05, 0.1) is 0 Å². The number of hydrazine groups is 1. The topological polar surface area (TPSA) is 38.0 Å². The van der Waals surface area contributed by atoms with Crippen LogP contribution >= 0.6 is 15.9 Å². The molecule has 0 aromatic heterocycles. The molecule has 1 aromatic rings. The molecule has 3 N–H and O–H groups in total. The molecule has 0 aliphatic heterocycles. The largest absolute Gasteiger partial charge is 0.271 e. The summed E-state index contributed by atoms with van der Waals surface area (Å²) in [6, 6.07) is 5.28. The van der Waals surface area contributed by atoms with Gasteiger partial charge in [-0.25, -0.2) is 4.39 Å². The monoisotopic (exact) mass is 344 g/mol. The zero-order chi connectivity index (χ0) is 15.3. The standard InChI is InChI=1S/C16H26BrFN2/c1-11(10-16(2,3)4)7-14(20-19)8-12-5-6-13(17)9-15(12)18/h5-6,9,11,14,20H,7-8,10,19H2,1-4H3. The fourth-order valence-corrected chi connectivity index (χ4v) is 3.11. The minimum Gasteiger partial charge on any atom is -0.271 e. The van der Waals surface area contributed by atoms with Crippen LogP contribution in [0.3, 0.4) is 0 Å². The first-order chi connectivity index (χ1) is 9.21. The molecule has 0 saturated carbocycles. The highest BCUT2D eigenvalue weighted by Crippen LogP contribution is 2.27. The molecule has 0 fully saturated rings. The van der Waals surface area contributed by atoms with Crippen molar-refractivity contribution in [3.8, 4) is 0 Å². The Hall–Kier alpha value is -0.450. The molecule has 0 spiro atoms. The van der Waals surface area contributed by atoms with E-state index in [0.29, 0.717) is 23.3 Å². The molecule has 2 atom stereocenters. The molecule has 0 amide bonds. The van der Waals surface area contributed by atoms with E-state index in [0.717, 1.165) is 17.3 Å². The molecule has 0 saturated heterocycles. The number of benzene rings is 1. The van der Waals surface area contributed by atoms with Crippen LogP contribution < -0.4 is 11.3 Å². The van der Waals surface area contributed by atoms with E-state index < -0.39 is 0 Å². The lowest BCUT2D eigenvalue weighted by Gasteiger charge is -2.26. The summed E-state index contributed by atoms with van der Waals surface area (Å²) in [5, 5.41) is 0. The molecular weight excluding hydrogens is 319 g/mol. The summed E-state index contributed by atoms with van der Waals surface area (Å²) in [5.41, 5.74) is 3.85. The predicted molar refractivity (Wildman–Crippen MR) is 86.8 cm³/mol. The highest BCUT2D eigenvalue weighted by molar-refractivity contribution is 9.10. The molecule has 20 heavy (non-hydrogen) atoms. The van der Waals surface area contributed by atoms with Crippen molar-refractivity contribution in [3.05, 3.63) is 34.1 Å². The van der Waals surface area contributed by atoms with Crippen LogP contribution in [0.4, 0.5) is 4.39 Å². The van der Waals surface area contributed by atoms with Gasteiger partial charge >= 0.3 is 0 Å². The third kappa shape index (κ3) is 6.33. The number of rotatable bonds is 6. The van der Waals surface area contributed by atoms with E-state index in [4.69, 9.17) is 5.84 Å². The Labute approximate surface area is 130 Å². The molecule has 1 aromatic carbocycles. The normalized spacial score (nSPS) is 15.2. The molecule has 4 heteroatoms.